The Morgan fingerprint density at radius 1 is 0.841 bits per heavy atom. The summed E-state index contributed by atoms with van der Waals surface area (Å²) in [5, 5.41) is 5.19. The van der Waals surface area contributed by atoms with Crippen LogP contribution in [0, 0.1) is 11.8 Å². The van der Waals surface area contributed by atoms with Crippen molar-refractivity contribution in [1.29, 1.82) is 0 Å². The van der Waals surface area contributed by atoms with Crippen LogP contribution in [0.5, 0.6) is 0 Å². The minimum absolute atomic E-state index is 0.0458. The zero-order chi connectivity index (χ0) is 30.9. The number of hydrogen-bond acceptors (Lipinski definition) is 4. The van der Waals surface area contributed by atoms with Crippen LogP contribution in [0.2, 0.25) is 0 Å². The number of guanidine groups is 1. The van der Waals surface area contributed by atoms with Gasteiger partial charge in [-0.05, 0) is 76.8 Å². The Morgan fingerprint density at radius 2 is 1.57 bits per heavy atom. The monoisotopic (exact) mass is 590 g/mol. The van der Waals surface area contributed by atoms with E-state index < -0.39 is 0 Å². The maximum atomic E-state index is 14.2. The van der Waals surface area contributed by atoms with Crippen LogP contribution in [0.1, 0.15) is 47.2 Å². The lowest BCUT2D eigenvalue weighted by Gasteiger charge is -2.32. The van der Waals surface area contributed by atoms with Crippen molar-refractivity contribution < 1.29 is 9.59 Å². The van der Waals surface area contributed by atoms with E-state index in [-0.39, 0.29) is 23.7 Å². The second kappa shape index (κ2) is 14.7. The Balaban J connectivity index is 1.41. The maximum Gasteiger partial charge on any atom is 0.251 e. The summed E-state index contributed by atoms with van der Waals surface area (Å²) in [6.45, 7) is 2.37. The summed E-state index contributed by atoms with van der Waals surface area (Å²) in [6.07, 6.45) is 3.49. The predicted octanol–water partition coefficient (Wildman–Crippen LogP) is 4.80. The highest BCUT2D eigenvalue weighted by Gasteiger charge is 2.30. The third kappa shape index (κ3) is 7.63. The molecule has 1 saturated carbocycles. The molecule has 1 aliphatic carbocycles. The predicted molar refractivity (Wildman–Crippen MR) is 178 cm³/mol. The lowest BCUT2D eigenvalue weighted by molar-refractivity contribution is -0.138. The first-order valence-electron chi connectivity index (χ1n) is 15.4. The smallest absolute Gasteiger partial charge is 0.251 e. The van der Waals surface area contributed by atoms with Crippen molar-refractivity contribution in [3.05, 3.63) is 108 Å². The average molecular weight is 591 g/mol. The van der Waals surface area contributed by atoms with Crippen LogP contribution in [0.25, 0.3) is 21.9 Å². The summed E-state index contributed by atoms with van der Waals surface area (Å²) in [4.78, 5) is 33.3. The number of benzene rings is 4. The number of carbonyl (C=O) groups is 2. The van der Waals surface area contributed by atoms with Crippen LogP contribution in [0.3, 0.4) is 0 Å². The average Bonchev–Trinajstić information content (AvgIpc) is 3.06. The van der Waals surface area contributed by atoms with E-state index in [4.69, 9.17) is 17.2 Å². The minimum Gasteiger partial charge on any atom is -0.370 e. The van der Waals surface area contributed by atoms with Crippen LogP contribution in [0.15, 0.2) is 96.0 Å². The number of nitrogens with two attached hydrogens (primary N) is 3. The Bertz CT molecular complexity index is 1620. The van der Waals surface area contributed by atoms with Gasteiger partial charge in [0.25, 0.3) is 5.91 Å². The number of amides is 2. The summed E-state index contributed by atoms with van der Waals surface area (Å²) < 4.78 is 0. The largest absolute Gasteiger partial charge is 0.370 e. The molecular weight excluding hydrogens is 548 g/mol. The second-order valence-corrected chi connectivity index (χ2v) is 11.6. The molecule has 2 amide bonds. The number of hydrogen-bond donors (Lipinski definition) is 4. The van der Waals surface area contributed by atoms with Gasteiger partial charge in [-0.25, -0.2) is 0 Å². The van der Waals surface area contributed by atoms with E-state index >= 15 is 0 Å². The van der Waals surface area contributed by atoms with Gasteiger partial charge in [0.2, 0.25) is 5.91 Å². The third-order valence-corrected chi connectivity index (χ3v) is 8.49. The zero-order valence-corrected chi connectivity index (χ0v) is 25.1. The highest BCUT2D eigenvalue weighted by atomic mass is 16.2. The molecule has 0 aliphatic heterocycles. The summed E-state index contributed by atoms with van der Waals surface area (Å²) >= 11 is 0. The molecule has 0 aromatic heterocycles. The fourth-order valence-corrected chi connectivity index (χ4v) is 6.20. The van der Waals surface area contributed by atoms with Gasteiger partial charge in [-0.15, -0.1) is 0 Å². The van der Waals surface area contributed by atoms with E-state index in [1.165, 1.54) is 0 Å². The Morgan fingerprint density at radius 3 is 2.36 bits per heavy atom. The normalized spacial score (nSPS) is 16.3. The van der Waals surface area contributed by atoms with Gasteiger partial charge in [-0.1, -0.05) is 78.9 Å². The molecule has 228 valence electrons. The third-order valence-electron chi connectivity index (χ3n) is 8.49. The molecule has 7 N–H and O–H groups in total. The molecule has 0 saturated heterocycles. The molecule has 4 aromatic rings. The molecule has 5 rings (SSSR count). The first kappa shape index (κ1) is 30.8. The van der Waals surface area contributed by atoms with E-state index in [0.29, 0.717) is 44.2 Å². The number of nitrogens with one attached hydrogen (secondary N) is 1. The van der Waals surface area contributed by atoms with Crippen LogP contribution in [0.4, 0.5) is 0 Å². The van der Waals surface area contributed by atoms with Crippen molar-refractivity contribution in [2.45, 2.75) is 38.8 Å². The van der Waals surface area contributed by atoms with Gasteiger partial charge in [0.05, 0.1) is 0 Å². The molecule has 1 aliphatic rings. The van der Waals surface area contributed by atoms with Crippen molar-refractivity contribution in [2.24, 2.45) is 34.0 Å². The number of rotatable bonds is 11. The minimum atomic E-state index is -0.153. The molecular formula is C36H42N6O2. The standard InChI is InChI=1S/C36H42N6O2/c37-19-20-40-34(43)33-14-4-3-13-32(33)29-10-5-7-26(21-29)23-42(24-30-11-6-9-27-8-1-2-12-31(27)30)35(44)28-17-15-25(16-18-28)22-41-36(38)39/h1-14,21,25,28H,15-20,22-24,37H2,(H,40,43)(H4,38,39,41). The maximum absolute atomic E-state index is 14.2. The number of fused-ring (bicyclic) bond motifs is 1. The van der Waals surface area contributed by atoms with Gasteiger partial charge >= 0.3 is 0 Å². The molecule has 0 bridgehead atoms. The van der Waals surface area contributed by atoms with E-state index in [1.807, 2.05) is 53.4 Å². The molecule has 0 radical (unpaired) electrons. The van der Waals surface area contributed by atoms with Gasteiger partial charge in [-0.2, -0.15) is 0 Å². The zero-order valence-electron chi connectivity index (χ0n) is 25.1. The van der Waals surface area contributed by atoms with E-state index in [9.17, 15) is 9.59 Å². The second-order valence-electron chi connectivity index (χ2n) is 11.6. The van der Waals surface area contributed by atoms with Crippen LogP contribution >= 0.6 is 0 Å². The molecule has 8 nitrogen and oxygen atoms in total. The molecule has 4 aromatic carbocycles. The number of aliphatic imine (C=N–C) groups is 1. The van der Waals surface area contributed by atoms with Gasteiger partial charge in [-0.3, -0.25) is 14.6 Å². The summed E-state index contributed by atoms with van der Waals surface area (Å²) in [5.41, 5.74) is 21.2. The number of carbonyl (C=O) groups excluding carboxylic acids is 2. The fraction of sp³-hybridized carbons (Fsp3) is 0.306. The summed E-state index contributed by atoms with van der Waals surface area (Å²) in [5.74, 6) is 0.484. The summed E-state index contributed by atoms with van der Waals surface area (Å²) in [6, 6.07) is 30.3. The SMILES string of the molecule is NCCNC(=O)c1ccccc1-c1cccc(CN(Cc2cccc3ccccc23)C(=O)C2CCC(CN=C(N)N)CC2)c1. The lowest BCUT2D eigenvalue weighted by atomic mass is 9.81. The van der Waals surface area contributed by atoms with E-state index in [1.54, 1.807) is 0 Å². The quantitative estimate of drug-likeness (QED) is 0.147. The molecule has 0 spiro atoms. The van der Waals surface area contributed by atoms with Gasteiger partial charge in [0.15, 0.2) is 5.96 Å². The van der Waals surface area contributed by atoms with Crippen molar-refractivity contribution in [2.75, 3.05) is 19.6 Å². The topological polar surface area (TPSA) is 140 Å². The molecule has 0 atom stereocenters. The molecule has 44 heavy (non-hydrogen) atoms. The first-order valence-corrected chi connectivity index (χ1v) is 15.4. The van der Waals surface area contributed by atoms with Crippen molar-refractivity contribution in [1.82, 2.24) is 10.2 Å². The van der Waals surface area contributed by atoms with Crippen molar-refractivity contribution in [3.8, 4) is 11.1 Å². The first-order chi connectivity index (χ1) is 21.4. The molecule has 8 heteroatoms. The highest BCUT2D eigenvalue weighted by molar-refractivity contribution is 6.01. The number of nitrogens with zero attached hydrogens (tertiary/aromatic N) is 2. The Labute approximate surface area is 259 Å². The van der Waals surface area contributed by atoms with Crippen LogP contribution in [-0.4, -0.2) is 42.3 Å². The van der Waals surface area contributed by atoms with E-state index in [2.05, 4.69) is 52.8 Å². The highest BCUT2D eigenvalue weighted by Crippen LogP contribution is 2.32. The van der Waals surface area contributed by atoms with Gasteiger partial charge < -0.3 is 27.4 Å². The fourth-order valence-electron chi connectivity index (χ4n) is 6.20. The lowest BCUT2D eigenvalue weighted by Crippen LogP contribution is -2.37. The molecule has 1 fully saturated rings. The van der Waals surface area contributed by atoms with Gasteiger partial charge in [0, 0.05) is 44.2 Å². The van der Waals surface area contributed by atoms with Crippen molar-refractivity contribution >= 4 is 28.5 Å². The van der Waals surface area contributed by atoms with Crippen LogP contribution < -0.4 is 22.5 Å². The van der Waals surface area contributed by atoms with Gasteiger partial charge in [0.1, 0.15) is 0 Å². The van der Waals surface area contributed by atoms with Crippen molar-refractivity contribution in [3.63, 3.8) is 0 Å². The summed E-state index contributed by atoms with van der Waals surface area (Å²) in [7, 11) is 0. The Kier molecular flexibility index (Phi) is 10.2. The molecule has 0 unspecified atom stereocenters. The molecule has 0 heterocycles. The van der Waals surface area contributed by atoms with Crippen LogP contribution in [-0.2, 0) is 17.9 Å². The van der Waals surface area contributed by atoms with E-state index in [0.717, 1.165) is 58.7 Å². The Hall–Kier alpha value is -4.69.